The topological polar surface area (TPSA) is 109 Å². The maximum absolute atomic E-state index is 12.2. The molecule has 1 aromatic rings. The van der Waals surface area contributed by atoms with Gasteiger partial charge in [0.2, 0.25) is 15.9 Å². The summed E-state index contributed by atoms with van der Waals surface area (Å²) in [5.41, 5.74) is 5.12. The third-order valence-electron chi connectivity index (χ3n) is 3.20. The lowest BCUT2D eigenvalue weighted by Crippen LogP contribution is -2.34. The van der Waals surface area contributed by atoms with Gasteiger partial charge < -0.3 is 10.8 Å². The van der Waals surface area contributed by atoms with Gasteiger partial charge in [-0.05, 0) is 42.5 Å². The average Bonchev–Trinajstić information content (AvgIpc) is 2.43. The number of carbonyl (C=O) groups is 1. The van der Waals surface area contributed by atoms with Crippen molar-refractivity contribution < 1.29 is 18.3 Å². The normalized spacial score (nSPS) is 12.3. The van der Waals surface area contributed by atoms with Crippen LogP contribution in [-0.2, 0) is 10.0 Å². The molecule has 1 amide bonds. The predicted molar refractivity (Wildman–Crippen MR) is 80.2 cm³/mol. The highest BCUT2D eigenvalue weighted by molar-refractivity contribution is 7.89. The van der Waals surface area contributed by atoms with E-state index in [9.17, 15) is 13.2 Å². The molecular weight excluding hydrogens is 292 g/mol. The average molecular weight is 314 g/mol. The largest absolute Gasteiger partial charge is 0.396 e. The van der Waals surface area contributed by atoms with E-state index in [1.807, 2.05) is 13.8 Å². The van der Waals surface area contributed by atoms with Crippen molar-refractivity contribution in [3.05, 3.63) is 29.8 Å². The zero-order valence-electron chi connectivity index (χ0n) is 12.3. The molecule has 0 saturated heterocycles. The van der Waals surface area contributed by atoms with Crippen LogP contribution in [0.5, 0.6) is 0 Å². The molecule has 1 rings (SSSR count). The number of aliphatic hydroxyl groups is 1. The van der Waals surface area contributed by atoms with Gasteiger partial charge >= 0.3 is 0 Å². The molecule has 0 heterocycles. The van der Waals surface area contributed by atoms with Gasteiger partial charge in [0.1, 0.15) is 0 Å². The van der Waals surface area contributed by atoms with Crippen LogP contribution in [0, 0.1) is 5.41 Å². The molecule has 118 valence electrons. The van der Waals surface area contributed by atoms with E-state index in [4.69, 9.17) is 10.8 Å². The number of primary amides is 1. The Morgan fingerprint density at radius 2 is 1.86 bits per heavy atom. The summed E-state index contributed by atoms with van der Waals surface area (Å²) in [6.45, 7) is 4.22. The molecule has 0 aliphatic carbocycles. The number of sulfonamides is 1. The fourth-order valence-electron chi connectivity index (χ4n) is 1.82. The molecule has 0 aliphatic rings. The van der Waals surface area contributed by atoms with Gasteiger partial charge in [0.15, 0.2) is 0 Å². The molecule has 0 aromatic heterocycles. The van der Waals surface area contributed by atoms with Crippen molar-refractivity contribution in [1.29, 1.82) is 0 Å². The van der Waals surface area contributed by atoms with Gasteiger partial charge in [-0.15, -0.1) is 0 Å². The van der Waals surface area contributed by atoms with Crippen LogP contribution in [0.1, 0.15) is 37.0 Å². The number of rotatable bonds is 8. The Bertz CT molecular complexity index is 579. The molecule has 0 bridgehead atoms. The van der Waals surface area contributed by atoms with E-state index in [0.29, 0.717) is 12.8 Å². The number of nitrogens with two attached hydrogens (primary N) is 1. The van der Waals surface area contributed by atoms with E-state index in [1.54, 1.807) is 0 Å². The molecule has 4 N–H and O–H groups in total. The van der Waals surface area contributed by atoms with Crippen LogP contribution in [-0.4, -0.2) is 32.6 Å². The Labute approximate surface area is 125 Å². The quantitative estimate of drug-likeness (QED) is 0.661. The van der Waals surface area contributed by atoms with Gasteiger partial charge in [0, 0.05) is 18.7 Å². The molecular formula is C14H22N2O4S. The lowest BCUT2D eigenvalue weighted by atomic mass is 9.88. The van der Waals surface area contributed by atoms with Crippen LogP contribution in [0.3, 0.4) is 0 Å². The standard InChI is InChI=1S/C14H22N2O4S/c1-14(2,8-3-9-17)10-16-21(19,20)12-6-4-11(5-7-12)13(15)18/h4-7,16-17H,3,8-10H2,1-2H3,(H2,15,18). The van der Waals surface area contributed by atoms with Crippen LogP contribution in [0.4, 0.5) is 0 Å². The molecule has 0 radical (unpaired) electrons. The SMILES string of the molecule is CC(C)(CCCO)CNS(=O)(=O)c1ccc(C(N)=O)cc1. The van der Waals surface area contributed by atoms with Gasteiger partial charge in [-0.2, -0.15) is 0 Å². The van der Waals surface area contributed by atoms with Crippen LogP contribution < -0.4 is 10.5 Å². The molecule has 21 heavy (non-hydrogen) atoms. The highest BCUT2D eigenvalue weighted by Crippen LogP contribution is 2.22. The highest BCUT2D eigenvalue weighted by atomic mass is 32.2. The van der Waals surface area contributed by atoms with Crippen molar-refractivity contribution in [3.63, 3.8) is 0 Å². The fourth-order valence-corrected chi connectivity index (χ4v) is 3.06. The van der Waals surface area contributed by atoms with Crippen molar-refractivity contribution in [2.24, 2.45) is 11.1 Å². The van der Waals surface area contributed by atoms with Gasteiger partial charge in [-0.3, -0.25) is 4.79 Å². The smallest absolute Gasteiger partial charge is 0.248 e. The second-order valence-corrected chi connectivity index (χ2v) is 7.47. The fraction of sp³-hybridized carbons (Fsp3) is 0.500. The molecule has 0 fully saturated rings. The summed E-state index contributed by atoms with van der Waals surface area (Å²) in [4.78, 5) is 11.0. The summed E-state index contributed by atoms with van der Waals surface area (Å²) in [6.07, 6.45) is 1.34. The van der Waals surface area contributed by atoms with E-state index in [0.717, 1.165) is 0 Å². The van der Waals surface area contributed by atoms with Crippen LogP contribution in [0.25, 0.3) is 0 Å². The third-order valence-corrected chi connectivity index (χ3v) is 4.62. The lowest BCUT2D eigenvalue weighted by molar-refractivity contribution is 0.1000. The summed E-state index contributed by atoms with van der Waals surface area (Å²) in [7, 11) is -3.63. The summed E-state index contributed by atoms with van der Waals surface area (Å²) in [5, 5.41) is 8.83. The van der Waals surface area contributed by atoms with E-state index in [-0.39, 0.29) is 29.0 Å². The Kier molecular flexibility index (Phi) is 5.88. The minimum Gasteiger partial charge on any atom is -0.396 e. The zero-order valence-corrected chi connectivity index (χ0v) is 13.1. The first-order valence-electron chi connectivity index (χ1n) is 6.68. The zero-order chi connectivity index (χ0) is 16.1. The van der Waals surface area contributed by atoms with Crippen molar-refractivity contribution >= 4 is 15.9 Å². The Balaban J connectivity index is 2.75. The number of amides is 1. The van der Waals surface area contributed by atoms with Gasteiger partial charge in [-0.25, -0.2) is 13.1 Å². The third kappa shape index (κ3) is 5.45. The number of benzene rings is 1. The van der Waals surface area contributed by atoms with Gasteiger partial charge in [0.25, 0.3) is 0 Å². The molecule has 0 saturated carbocycles. The van der Waals surface area contributed by atoms with E-state index < -0.39 is 15.9 Å². The predicted octanol–water partition coefficient (Wildman–Crippen LogP) is 0.862. The Morgan fingerprint density at radius 1 is 1.29 bits per heavy atom. The monoisotopic (exact) mass is 314 g/mol. The Hall–Kier alpha value is -1.44. The van der Waals surface area contributed by atoms with Crippen molar-refractivity contribution in [2.75, 3.05) is 13.2 Å². The highest BCUT2D eigenvalue weighted by Gasteiger charge is 2.22. The molecule has 0 spiro atoms. The van der Waals surface area contributed by atoms with Crippen LogP contribution in [0.2, 0.25) is 0 Å². The number of aliphatic hydroxyl groups excluding tert-OH is 1. The van der Waals surface area contributed by atoms with Gasteiger partial charge in [0.05, 0.1) is 4.90 Å². The summed E-state index contributed by atoms with van der Waals surface area (Å²) in [5.74, 6) is -0.600. The number of carbonyl (C=O) groups excluding carboxylic acids is 1. The summed E-state index contributed by atoms with van der Waals surface area (Å²) in [6, 6.07) is 5.47. The number of hydrogen-bond acceptors (Lipinski definition) is 4. The Morgan fingerprint density at radius 3 is 2.33 bits per heavy atom. The molecule has 0 atom stereocenters. The first-order chi connectivity index (χ1) is 9.68. The lowest BCUT2D eigenvalue weighted by Gasteiger charge is -2.24. The second kappa shape index (κ2) is 7.02. The molecule has 6 nitrogen and oxygen atoms in total. The second-order valence-electron chi connectivity index (χ2n) is 5.70. The summed E-state index contributed by atoms with van der Waals surface area (Å²) < 4.78 is 26.9. The maximum atomic E-state index is 12.2. The van der Waals surface area contributed by atoms with Crippen molar-refractivity contribution in [1.82, 2.24) is 4.72 Å². The number of hydrogen-bond donors (Lipinski definition) is 3. The number of nitrogens with one attached hydrogen (secondary N) is 1. The molecule has 0 aliphatic heterocycles. The summed E-state index contributed by atoms with van der Waals surface area (Å²) >= 11 is 0. The van der Waals surface area contributed by atoms with E-state index >= 15 is 0 Å². The van der Waals surface area contributed by atoms with Crippen molar-refractivity contribution in [3.8, 4) is 0 Å². The molecule has 7 heteroatoms. The molecule has 1 aromatic carbocycles. The molecule has 0 unspecified atom stereocenters. The van der Waals surface area contributed by atoms with Crippen molar-refractivity contribution in [2.45, 2.75) is 31.6 Å². The first kappa shape index (κ1) is 17.6. The van der Waals surface area contributed by atoms with E-state index in [1.165, 1.54) is 24.3 Å². The maximum Gasteiger partial charge on any atom is 0.248 e. The minimum absolute atomic E-state index is 0.0881. The van der Waals surface area contributed by atoms with E-state index in [2.05, 4.69) is 4.72 Å². The van der Waals surface area contributed by atoms with Gasteiger partial charge in [-0.1, -0.05) is 13.8 Å². The van der Waals surface area contributed by atoms with Crippen LogP contribution >= 0.6 is 0 Å². The minimum atomic E-state index is -3.63. The first-order valence-corrected chi connectivity index (χ1v) is 8.17. The van der Waals surface area contributed by atoms with Crippen LogP contribution in [0.15, 0.2) is 29.2 Å².